The van der Waals surface area contributed by atoms with E-state index in [4.69, 9.17) is 4.74 Å². The zero-order valence-corrected chi connectivity index (χ0v) is 14.9. The maximum Gasteiger partial charge on any atom is 0.276 e. The van der Waals surface area contributed by atoms with Gasteiger partial charge in [0.15, 0.2) is 0 Å². The van der Waals surface area contributed by atoms with Gasteiger partial charge >= 0.3 is 0 Å². The summed E-state index contributed by atoms with van der Waals surface area (Å²) < 4.78 is 5.80. The van der Waals surface area contributed by atoms with Gasteiger partial charge in [-0.25, -0.2) is 5.43 Å². The van der Waals surface area contributed by atoms with Crippen LogP contribution in [-0.2, 0) is 11.3 Å². The van der Waals surface area contributed by atoms with E-state index in [0.29, 0.717) is 18.0 Å². The number of hydrazine groups is 1. The summed E-state index contributed by atoms with van der Waals surface area (Å²) >= 11 is 0. The first-order chi connectivity index (χ1) is 13.2. The Bertz CT molecular complexity index is 909. The molecule has 1 heterocycles. The Balaban J connectivity index is 1.52. The van der Waals surface area contributed by atoms with Crippen molar-refractivity contribution in [3.8, 4) is 11.5 Å². The molecule has 6 heteroatoms. The fourth-order valence-electron chi connectivity index (χ4n) is 2.27. The highest BCUT2D eigenvalue weighted by atomic mass is 16.5. The summed E-state index contributed by atoms with van der Waals surface area (Å²) in [5.41, 5.74) is 8.23. The van der Waals surface area contributed by atoms with E-state index in [0.717, 1.165) is 11.3 Å². The molecule has 0 bridgehead atoms. The van der Waals surface area contributed by atoms with Crippen molar-refractivity contribution in [3.63, 3.8) is 0 Å². The fraction of sp³-hybridized carbons (Fsp3) is 0.0952. The van der Waals surface area contributed by atoms with Crippen molar-refractivity contribution in [1.29, 1.82) is 0 Å². The zero-order valence-electron chi connectivity index (χ0n) is 14.9. The highest BCUT2D eigenvalue weighted by Crippen LogP contribution is 2.25. The van der Waals surface area contributed by atoms with Gasteiger partial charge in [0, 0.05) is 25.0 Å². The van der Waals surface area contributed by atoms with Gasteiger partial charge in [-0.3, -0.25) is 20.2 Å². The van der Waals surface area contributed by atoms with E-state index in [9.17, 15) is 4.79 Å². The summed E-state index contributed by atoms with van der Waals surface area (Å²) in [5.74, 6) is 1.07. The van der Waals surface area contributed by atoms with Crippen molar-refractivity contribution in [2.24, 2.45) is 4.99 Å². The van der Waals surface area contributed by atoms with Gasteiger partial charge in [0.2, 0.25) is 0 Å². The Hall–Kier alpha value is -3.51. The zero-order chi connectivity index (χ0) is 18.9. The molecule has 136 valence electrons. The van der Waals surface area contributed by atoms with Crippen LogP contribution in [-0.4, -0.2) is 17.1 Å². The second kappa shape index (κ2) is 9.26. The number of carbonyl (C=O) groups is 1. The number of hydrogen-bond donors (Lipinski definition) is 2. The van der Waals surface area contributed by atoms with Gasteiger partial charge in [-0.05, 0) is 48.9 Å². The minimum absolute atomic E-state index is 0.339. The lowest BCUT2D eigenvalue weighted by atomic mass is 10.2. The molecule has 0 radical (unpaired) electrons. The van der Waals surface area contributed by atoms with Crippen LogP contribution in [0.3, 0.4) is 0 Å². The third kappa shape index (κ3) is 6.05. The van der Waals surface area contributed by atoms with Crippen molar-refractivity contribution in [2.75, 3.05) is 0 Å². The van der Waals surface area contributed by atoms with Crippen LogP contribution in [0.1, 0.15) is 11.1 Å². The third-order valence-electron chi connectivity index (χ3n) is 3.66. The highest BCUT2D eigenvalue weighted by molar-refractivity contribution is 6.26. The average Bonchev–Trinajstić information content (AvgIpc) is 2.69. The Kier molecular flexibility index (Phi) is 6.27. The lowest BCUT2D eigenvalue weighted by molar-refractivity contribution is -0.115. The molecule has 2 aromatic carbocycles. The highest BCUT2D eigenvalue weighted by Gasteiger charge is 2.00. The van der Waals surface area contributed by atoms with E-state index in [1.54, 1.807) is 24.5 Å². The number of aromatic nitrogens is 1. The number of rotatable bonds is 7. The third-order valence-corrected chi connectivity index (χ3v) is 3.66. The minimum Gasteiger partial charge on any atom is -0.457 e. The Morgan fingerprint density at radius 1 is 1.07 bits per heavy atom. The van der Waals surface area contributed by atoms with E-state index in [1.165, 1.54) is 11.8 Å². The Morgan fingerprint density at radius 2 is 1.85 bits per heavy atom. The summed E-state index contributed by atoms with van der Waals surface area (Å²) in [7, 11) is 0. The molecular formula is C21H20N4O2. The predicted molar refractivity (Wildman–Crippen MR) is 105 cm³/mol. The fourth-order valence-corrected chi connectivity index (χ4v) is 2.27. The van der Waals surface area contributed by atoms with Gasteiger partial charge in [0.05, 0.1) is 11.9 Å². The second-order valence-corrected chi connectivity index (χ2v) is 5.87. The molecule has 0 aliphatic rings. The molecule has 0 spiro atoms. The predicted octanol–water partition coefficient (Wildman–Crippen LogP) is 3.71. The summed E-state index contributed by atoms with van der Waals surface area (Å²) in [6, 6.07) is 18.8. The number of aryl methyl sites for hydroxylation is 1. The van der Waals surface area contributed by atoms with Gasteiger partial charge in [-0.2, -0.15) is 0 Å². The van der Waals surface area contributed by atoms with Crippen LogP contribution < -0.4 is 15.6 Å². The first kappa shape index (κ1) is 18.3. The van der Waals surface area contributed by atoms with Gasteiger partial charge in [0.25, 0.3) is 5.91 Å². The summed E-state index contributed by atoms with van der Waals surface area (Å²) in [6.07, 6.45) is 4.63. The monoisotopic (exact) mass is 360 g/mol. The van der Waals surface area contributed by atoms with Gasteiger partial charge in [0.1, 0.15) is 11.5 Å². The largest absolute Gasteiger partial charge is 0.457 e. The number of benzene rings is 2. The van der Waals surface area contributed by atoms with E-state index in [1.807, 2.05) is 55.5 Å². The van der Waals surface area contributed by atoms with Crippen LogP contribution >= 0.6 is 0 Å². The number of pyridine rings is 1. The number of nitrogens with zero attached hydrogens (tertiary/aromatic N) is 2. The van der Waals surface area contributed by atoms with Crippen LogP contribution in [0.15, 0.2) is 78.0 Å². The van der Waals surface area contributed by atoms with Crippen molar-refractivity contribution < 1.29 is 9.53 Å². The molecule has 6 nitrogen and oxygen atoms in total. The van der Waals surface area contributed by atoms with Crippen LogP contribution in [0.4, 0.5) is 5.69 Å². The molecule has 0 saturated carbocycles. The van der Waals surface area contributed by atoms with E-state index in [-0.39, 0.29) is 5.91 Å². The number of aliphatic imine (C=N–C) groups is 1. The standard InChI is InChI=1S/C21H20N4O2/c1-16-5-7-19(8-6-16)27-20-4-2-3-18(13-20)23-15-21(26)25-24-14-17-9-11-22-12-10-17/h2-13,15,24H,14H2,1H3,(H,25,26). The maximum absolute atomic E-state index is 11.8. The number of amides is 1. The number of nitrogens with one attached hydrogen (secondary N) is 2. The Labute approximate surface area is 157 Å². The summed E-state index contributed by atoms with van der Waals surface area (Å²) in [6.45, 7) is 2.53. The summed E-state index contributed by atoms with van der Waals surface area (Å²) in [4.78, 5) is 20.0. The minimum atomic E-state index is -0.339. The molecule has 0 saturated heterocycles. The van der Waals surface area contributed by atoms with Crippen molar-refractivity contribution in [2.45, 2.75) is 13.5 Å². The van der Waals surface area contributed by atoms with Crippen LogP contribution in [0.2, 0.25) is 0 Å². The lowest BCUT2D eigenvalue weighted by Gasteiger charge is -2.06. The lowest BCUT2D eigenvalue weighted by Crippen LogP contribution is -2.37. The van der Waals surface area contributed by atoms with E-state index in [2.05, 4.69) is 20.8 Å². The van der Waals surface area contributed by atoms with Gasteiger partial charge in [-0.15, -0.1) is 0 Å². The van der Waals surface area contributed by atoms with E-state index >= 15 is 0 Å². The molecule has 1 amide bonds. The van der Waals surface area contributed by atoms with Gasteiger partial charge in [-0.1, -0.05) is 23.8 Å². The van der Waals surface area contributed by atoms with Crippen LogP contribution in [0.25, 0.3) is 0 Å². The maximum atomic E-state index is 11.8. The average molecular weight is 360 g/mol. The quantitative estimate of drug-likeness (QED) is 0.497. The molecule has 0 aliphatic heterocycles. The first-order valence-corrected chi connectivity index (χ1v) is 8.49. The molecule has 0 unspecified atom stereocenters. The van der Waals surface area contributed by atoms with Crippen molar-refractivity contribution in [3.05, 3.63) is 84.2 Å². The molecule has 0 fully saturated rings. The van der Waals surface area contributed by atoms with Crippen molar-refractivity contribution in [1.82, 2.24) is 15.8 Å². The molecule has 0 atom stereocenters. The molecular weight excluding hydrogens is 340 g/mol. The number of hydrogen-bond acceptors (Lipinski definition) is 5. The topological polar surface area (TPSA) is 75.6 Å². The second-order valence-electron chi connectivity index (χ2n) is 5.87. The first-order valence-electron chi connectivity index (χ1n) is 8.49. The Morgan fingerprint density at radius 3 is 2.63 bits per heavy atom. The van der Waals surface area contributed by atoms with Crippen LogP contribution in [0, 0.1) is 6.92 Å². The molecule has 1 aromatic heterocycles. The molecule has 2 N–H and O–H groups in total. The van der Waals surface area contributed by atoms with E-state index < -0.39 is 0 Å². The molecule has 3 rings (SSSR count). The normalized spacial score (nSPS) is 10.7. The number of carbonyl (C=O) groups excluding carboxylic acids is 1. The molecule has 3 aromatic rings. The molecule has 27 heavy (non-hydrogen) atoms. The van der Waals surface area contributed by atoms with Crippen LogP contribution in [0.5, 0.6) is 11.5 Å². The smallest absolute Gasteiger partial charge is 0.276 e. The molecule has 0 aliphatic carbocycles. The summed E-state index contributed by atoms with van der Waals surface area (Å²) in [5, 5.41) is 0. The SMILES string of the molecule is Cc1ccc(Oc2cccc(N=CC(=O)NNCc3ccncc3)c2)cc1. The van der Waals surface area contributed by atoms with Gasteiger partial charge < -0.3 is 4.74 Å². The van der Waals surface area contributed by atoms with Crippen molar-refractivity contribution >= 4 is 17.8 Å². The number of ether oxygens (including phenoxy) is 1.